The standard InChI is InChI=1S/C17H16BrNO5/c1-22-11-24-17-15(18)9-13(10-16(17)23-2)4-3-12-5-7-14(8-6-12)19(20)21/h3-10H,11H2,1-2H3. The number of hydrogen-bond donors (Lipinski definition) is 0. The van der Waals surface area contributed by atoms with Gasteiger partial charge in [-0.3, -0.25) is 10.1 Å². The van der Waals surface area contributed by atoms with Crippen molar-refractivity contribution in [1.29, 1.82) is 0 Å². The molecule has 2 aromatic carbocycles. The van der Waals surface area contributed by atoms with Crippen LogP contribution in [0.4, 0.5) is 5.69 Å². The van der Waals surface area contributed by atoms with Gasteiger partial charge in [-0.25, -0.2) is 0 Å². The molecule has 0 aliphatic rings. The lowest BCUT2D eigenvalue weighted by Crippen LogP contribution is -2.01. The van der Waals surface area contributed by atoms with E-state index in [9.17, 15) is 10.1 Å². The zero-order valence-corrected chi connectivity index (χ0v) is 14.8. The number of nitro groups is 1. The first-order chi connectivity index (χ1) is 11.5. The van der Waals surface area contributed by atoms with Gasteiger partial charge in [0, 0.05) is 19.2 Å². The highest BCUT2D eigenvalue weighted by Crippen LogP contribution is 2.37. The molecule has 0 unspecified atom stereocenters. The zero-order chi connectivity index (χ0) is 17.5. The third-order valence-electron chi connectivity index (χ3n) is 3.15. The van der Waals surface area contributed by atoms with Gasteiger partial charge in [0.2, 0.25) is 0 Å². The molecule has 0 amide bonds. The molecule has 0 bridgehead atoms. The summed E-state index contributed by atoms with van der Waals surface area (Å²) in [6.07, 6.45) is 3.75. The zero-order valence-electron chi connectivity index (χ0n) is 13.2. The van der Waals surface area contributed by atoms with E-state index >= 15 is 0 Å². The number of methoxy groups -OCH3 is 2. The molecule has 0 fully saturated rings. The first-order valence-electron chi connectivity index (χ1n) is 6.97. The van der Waals surface area contributed by atoms with Gasteiger partial charge in [-0.15, -0.1) is 0 Å². The van der Waals surface area contributed by atoms with E-state index in [1.54, 1.807) is 26.4 Å². The molecular formula is C17H16BrNO5. The molecular weight excluding hydrogens is 378 g/mol. The van der Waals surface area contributed by atoms with Gasteiger partial charge in [-0.1, -0.05) is 12.2 Å². The van der Waals surface area contributed by atoms with E-state index in [4.69, 9.17) is 14.2 Å². The van der Waals surface area contributed by atoms with Crippen molar-refractivity contribution in [2.75, 3.05) is 21.0 Å². The lowest BCUT2D eigenvalue weighted by atomic mass is 10.1. The Kier molecular flexibility index (Phi) is 6.34. The van der Waals surface area contributed by atoms with Gasteiger partial charge in [0.05, 0.1) is 16.5 Å². The largest absolute Gasteiger partial charge is 0.493 e. The summed E-state index contributed by atoms with van der Waals surface area (Å²) in [5, 5.41) is 10.7. The Balaban J connectivity index is 2.22. The van der Waals surface area contributed by atoms with Gasteiger partial charge < -0.3 is 14.2 Å². The number of rotatable bonds is 7. The molecule has 126 valence electrons. The van der Waals surface area contributed by atoms with Gasteiger partial charge in [-0.05, 0) is 51.3 Å². The lowest BCUT2D eigenvalue weighted by molar-refractivity contribution is -0.384. The highest BCUT2D eigenvalue weighted by Gasteiger charge is 2.11. The quantitative estimate of drug-likeness (QED) is 0.299. The van der Waals surface area contributed by atoms with Crippen LogP contribution in [0, 0.1) is 10.1 Å². The lowest BCUT2D eigenvalue weighted by Gasteiger charge is -2.12. The second-order valence-corrected chi connectivity index (χ2v) is 5.62. The number of halogens is 1. The molecule has 0 N–H and O–H groups in total. The Hall–Kier alpha value is -2.38. The summed E-state index contributed by atoms with van der Waals surface area (Å²) >= 11 is 3.45. The molecule has 0 saturated heterocycles. The smallest absolute Gasteiger partial charge is 0.269 e. The van der Waals surface area contributed by atoms with Crippen molar-refractivity contribution in [3.8, 4) is 11.5 Å². The molecule has 2 rings (SSSR count). The highest BCUT2D eigenvalue weighted by atomic mass is 79.9. The first kappa shape index (κ1) is 18.0. The van der Waals surface area contributed by atoms with Gasteiger partial charge in [0.15, 0.2) is 18.3 Å². The number of nitro benzene ring substituents is 1. The summed E-state index contributed by atoms with van der Waals surface area (Å²) in [5.74, 6) is 1.14. The van der Waals surface area contributed by atoms with Crippen LogP contribution < -0.4 is 9.47 Å². The highest BCUT2D eigenvalue weighted by molar-refractivity contribution is 9.10. The SMILES string of the molecule is COCOc1c(Br)cc(C=Cc2ccc([N+](=O)[O-])cc2)cc1OC. The predicted molar refractivity (Wildman–Crippen MR) is 95.2 cm³/mol. The molecule has 24 heavy (non-hydrogen) atoms. The van der Waals surface area contributed by atoms with Crippen LogP contribution in [0.1, 0.15) is 11.1 Å². The van der Waals surface area contributed by atoms with Crippen molar-refractivity contribution in [1.82, 2.24) is 0 Å². The van der Waals surface area contributed by atoms with Crippen LogP contribution in [0.3, 0.4) is 0 Å². The van der Waals surface area contributed by atoms with Crippen molar-refractivity contribution in [3.05, 3.63) is 62.1 Å². The minimum Gasteiger partial charge on any atom is -0.493 e. The van der Waals surface area contributed by atoms with Crippen LogP contribution in [-0.2, 0) is 4.74 Å². The molecule has 0 radical (unpaired) electrons. The van der Waals surface area contributed by atoms with Crippen molar-refractivity contribution in [2.45, 2.75) is 0 Å². The van der Waals surface area contributed by atoms with Gasteiger partial charge in [-0.2, -0.15) is 0 Å². The Bertz CT molecular complexity index is 743. The van der Waals surface area contributed by atoms with Gasteiger partial charge >= 0.3 is 0 Å². The summed E-state index contributed by atoms with van der Waals surface area (Å²) in [5.41, 5.74) is 1.81. The minimum atomic E-state index is -0.422. The maximum absolute atomic E-state index is 10.7. The van der Waals surface area contributed by atoms with Crippen molar-refractivity contribution >= 4 is 33.8 Å². The van der Waals surface area contributed by atoms with E-state index in [2.05, 4.69) is 15.9 Å². The van der Waals surface area contributed by atoms with E-state index in [-0.39, 0.29) is 12.5 Å². The van der Waals surface area contributed by atoms with Gasteiger partial charge in [0.1, 0.15) is 0 Å². The van der Waals surface area contributed by atoms with Crippen molar-refractivity contribution < 1.29 is 19.1 Å². The monoisotopic (exact) mass is 393 g/mol. The predicted octanol–water partition coefficient (Wildman–Crippen LogP) is 4.52. The molecule has 0 atom stereocenters. The number of hydrogen-bond acceptors (Lipinski definition) is 5. The van der Waals surface area contributed by atoms with Crippen LogP contribution in [0.2, 0.25) is 0 Å². The van der Waals surface area contributed by atoms with Crippen molar-refractivity contribution in [2.24, 2.45) is 0 Å². The Morgan fingerprint density at radius 1 is 1.12 bits per heavy atom. The molecule has 7 heteroatoms. The van der Waals surface area contributed by atoms with E-state index < -0.39 is 4.92 Å². The van der Waals surface area contributed by atoms with E-state index in [0.29, 0.717) is 11.5 Å². The summed E-state index contributed by atoms with van der Waals surface area (Å²) in [7, 11) is 3.10. The summed E-state index contributed by atoms with van der Waals surface area (Å²) < 4.78 is 16.5. The Morgan fingerprint density at radius 2 is 1.79 bits per heavy atom. The second kappa shape index (κ2) is 8.47. The first-order valence-corrected chi connectivity index (χ1v) is 7.76. The van der Waals surface area contributed by atoms with Crippen LogP contribution in [-0.4, -0.2) is 25.9 Å². The number of benzene rings is 2. The molecule has 0 saturated carbocycles. The number of ether oxygens (including phenoxy) is 3. The van der Waals surface area contributed by atoms with E-state index in [1.807, 2.05) is 24.3 Å². The van der Waals surface area contributed by atoms with Crippen LogP contribution in [0.15, 0.2) is 40.9 Å². The average Bonchev–Trinajstić information content (AvgIpc) is 2.58. The Morgan fingerprint density at radius 3 is 2.38 bits per heavy atom. The molecule has 2 aromatic rings. The fourth-order valence-corrected chi connectivity index (χ4v) is 2.57. The normalized spacial score (nSPS) is 10.8. The van der Waals surface area contributed by atoms with Crippen LogP contribution in [0.25, 0.3) is 12.2 Å². The van der Waals surface area contributed by atoms with Crippen molar-refractivity contribution in [3.63, 3.8) is 0 Å². The molecule has 0 heterocycles. The third kappa shape index (κ3) is 4.56. The molecule has 6 nitrogen and oxygen atoms in total. The van der Waals surface area contributed by atoms with E-state index in [0.717, 1.165) is 15.6 Å². The number of nitrogens with zero attached hydrogens (tertiary/aromatic N) is 1. The maximum Gasteiger partial charge on any atom is 0.269 e. The number of non-ortho nitro benzene ring substituents is 1. The minimum absolute atomic E-state index is 0.0659. The van der Waals surface area contributed by atoms with Crippen LogP contribution >= 0.6 is 15.9 Å². The fourth-order valence-electron chi connectivity index (χ4n) is 1.99. The topological polar surface area (TPSA) is 70.8 Å². The summed E-state index contributed by atoms with van der Waals surface area (Å²) in [6.45, 7) is 0.118. The van der Waals surface area contributed by atoms with E-state index in [1.165, 1.54) is 12.1 Å². The fraction of sp³-hybridized carbons (Fsp3) is 0.176. The summed E-state index contributed by atoms with van der Waals surface area (Å²) in [4.78, 5) is 10.2. The molecule has 0 aliphatic carbocycles. The molecule has 0 aliphatic heterocycles. The molecule has 0 spiro atoms. The Labute approximate surface area is 147 Å². The second-order valence-electron chi connectivity index (χ2n) is 4.77. The van der Waals surface area contributed by atoms with Crippen LogP contribution in [0.5, 0.6) is 11.5 Å². The third-order valence-corrected chi connectivity index (χ3v) is 3.73. The average molecular weight is 394 g/mol. The summed E-state index contributed by atoms with van der Waals surface area (Å²) in [6, 6.07) is 10.0. The van der Waals surface area contributed by atoms with Gasteiger partial charge in [0.25, 0.3) is 5.69 Å². The molecule has 0 aromatic heterocycles. The maximum atomic E-state index is 10.7.